The van der Waals surface area contributed by atoms with Crippen LogP contribution in [-0.4, -0.2) is 28.4 Å². The number of carboxylic acid groups (broad SMARTS) is 1. The van der Waals surface area contributed by atoms with E-state index in [9.17, 15) is 9.59 Å². The van der Waals surface area contributed by atoms with Gasteiger partial charge in [-0.3, -0.25) is 0 Å². The molecule has 6 heteroatoms. The first kappa shape index (κ1) is 20.6. The van der Waals surface area contributed by atoms with Crippen LogP contribution in [0.2, 0.25) is 0 Å². The number of carbonyl (C=O) groups excluding carboxylic acids is 1. The summed E-state index contributed by atoms with van der Waals surface area (Å²) in [6.07, 6.45) is -2.45. The molecule has 2 aromatic carbocycles. The van der Waals surface area contributed by atoms with Crippen molar-refractivity contribution in [3.63, 3.8) is 0 Å². The van der Waals surface area contributed by atoms with Crippen molar-refractivity contribution in [1.82, 2.24) is 0 Å². The van der Waals surface area contributed by atoms with Crippen LogP contribution in [0.25, 0.3) is 0 Å². The van der Waals surface area contributed by atoms with E-state index in [1.54, 1.807) is 30.3 Å². The van der Waals surface area contributed by atoms with Crippen molar-refractivity contribution in [2.24, 2.45) is 5.41 Å². The van der Waals surface area contributed by atoms with Gasteiger partial charge >= 0.3 is 11.9 Å². The molecule has 0 spiro atoms. The lowest BCUT2D eigenvalue weighted by molar-refractivity contribution is -0.154. The summed E-state index contributed by atoms with van der Waals surface area (Å²) >= 11 is 0. The Hall–Kier alpha value is -2.70. The van der Waals surface area contributed by atoms with Gasteiger partial charge in [0, 0.05) is 5.41 Å². The number of rotatable bonds is 3. The highest BCUT2D eigenvalue weighted by molar-refractivity contribution is 5.78. The molecule has 3 rings (SSSR count). The van der Waals surface area contributed by atoms with Gasteiger partial charge in [-0.05, 0) is 11.1 Å². The fourth-order valence-corrected chi connectivity index (χ4v) is 2.38. The average molecular weight is 372 g/mol. The van der Waals surface area contributed by atoms with Crippen LogP contribution in [0.15, 0.2) is 60.7 Å². The number of ether oxygens (including phenoxy) is 2. The van der Waals surface area contributed by atoms with Crippen molar-refractivity contribution in [2.45, 2.75) is 39.3 Å². The van der Waals surface area contributed by atoms with Gasteiger partial charge in [-0.1, -0.05) is 81.4 Å². The van der Waals surface area contributed by atoms with Crippen molar-refractivity contribution in [1.29, 1.82) is 0 Å². The SMILES string of the molecule is CC(C)(C)C1OC(=O)[C@@H](c2ccccc2)O1.O=C(O)[C@H](O)c1ccccc1. The standard InChI is InChI=1S/C13H16O3.C8H8O3/c1-13(2,3)12-15-10(11(14)16-12)9-7-5-4-6-8-9;9-7(8(10)11)6-4-2-1-3-5-6/h4-8,10,12H,1-3H3;1-5,7,9H,(H,10,11)/t10-,12?;7-/m11/s1. The van der Waals surface area contributed by atoms with Crippen LogP contribution in [0.3, 0.4) is 0 Å². The minimum Gasteiger partial charge on any atom is -0.479 e. The van der Waals surface area contributed by atoms with E-state index in [2.05, 4.69) is 0 Å². The molecule has 1 aliphatic heterocycles. The lowest BCUT2D eigenvalue weighted by Crippen LogP contribution is -2.27. The molecule has 0 amide bonds. The summed E-state index contributed by atoms with van der Waals surface area (Å²) in [6.45, 7) is 5.95. The van der Waals surface area contributed by atoms with E-state index >= 15 is 0 Å². The van der Waals surface area contributed by atoms with Crippen LogP contribution in [-0.2, 0) is 19.1 Å². The van der Waals surface area contributed by atoms with E-state index in [1.165, 1.54) is 0 Å². The van der Waals surface area contributed by atoms with Crippen molar-refractivity contribution < 1.29 is 29.3 Å². The molecule has 1 aliphatic rings. The van der Waals surface area contributed by atoms with Gasteiger partial charge in [0.05, 0.1) is 0 Å². The van der Waals surface area contributed by atoms with Gasteiger partial charge in [-0.15, -0.1) is 0 Å². The zero-order chi connectivity index (χ0) is 20.0. The lowest BCUT2D eigenvalue weighted by Gasteiger charge is -2.24. The molecule has 1 saturated heterocycles. The molecular weight excluding hydrogens is 348 g/mol. The third-order valence-electron chi connectivity index (χ3n) is 3.86. The maximum absolute atomic E-state index is 11.7. The first-order valence-electron chi connectivity index (χ1n) is 8.57. The molecule has 0 aromatic heterocycles. The molecule has 3 atom stereocenters. The van der Waals surface area contributed by atoms with Gasteiger partial charge in [-0.25, -0.2) is 9.59 Å². The molecule has 2 aromatic rings. The molecule has 1 heterocycles. The first-order chi connectivity index (χ1) is 12.7. The number of esters is 1. The summed E-state index contributed by atoms with van der Waals surface area (Å²) in [5.74, 6) is -1.53. The number of carbonyl (C=O) groups is 2. The Labute approximate surface area is 158 Å². The van der Waals surface area contributed by atoms with E-state index in [1.807, 2.05) is 51.1 Å². The van der Waals surface area contributed by atoms with Crippen LogP contribution in [0.5, 0.6) is 0 Å². The lowest BCUT2D eigenvalue weighted by atomic mass is 9.96. The summed E-state index contributed by atoms with van der Waals surface area (Å²) in [4.78, 5) is 21.9. The smallest absolute Gasteiger partial charge is 0.342 e. The zero-order valence-corrected chi connectivity index (χ0v) is 15.5. The van der Waals surface area contributed by atoms with Gasteiger partial charge in [0.1, 0.15) is 0 Å². The molecule has 2 N–H and O–H groups in total. The van der Waals surface area contributed by atoms with E-state index < -0.39 is 24.5 Å². The highest BCUT2D eigenvalue weighted by Crippen LogP contribution is 2.35. The number of carboxylic acids is 1. The number of benzene rings is 2. The predicted molar refractivity (Wildman–Crippen MR) is 98.6 cm³/mol. The number of aliphatic hydroxyl groups is 1. The fraction of sp³-hybridized carbons (Fsp3) is 0.333. The molecule has 1 unspecified atom stereocenters. The molecule has 0 bridgehead atoms. The second-order valence-corrected chi connectivity index (χ2v) is 7.21. The molecule has 144 valence electrons. The Morgan fingerprint density at radius 2 is 1.52 bits per heavy atom. The maximum Gasteiger partial charge on any atom is 0.342 e. The van der Waals surface area contributed by atoms with Crippen molar-refractivity contribution in [3.8, 4) is 0 Å². The summed E-state index contributed by atoms with van der Waals surface area (Å²) in [7, 11) is 0. The fourth-order valence-electron chi connectivity index (χ4n) is 2.38. The quantitative estimate of drug-likeness (QED) is 0.802. The van der Waals surface area contributed by atoms with E-state index in [4.69, 9.17) is 19.7 Å². The number of hydrogen-bond acceptors (Lipinski definition) is 5. The highest BCUT2D eigenvalue weighted by Gasteiger charge is 2.42. The summed E-state index contributed by atoms with van der Waals surface area (Å²) in [5.41, 5.74) is 1.05. The largest absolute Gasteiger partial charge is 0.479 e. The van der Waals surface area contributed by atoms with Gasteiger partial charge < -0.3 is 19.7 Å². The third-order valence-corrected chi connectivity index (χ3v) is 3.86. The number of hydrogen-bond donors (Lipinski definition) is 2. The van der Waals surface area contributed by atoms with Gasteiger partial charge in [0.15, 0.2) is 12.2 Å². The van der Waals surface area contributed by atoms with E-state index in [0.29, 0.717) is 5.56 Å². The Bertz CT molecular complexity index is 751. The Morgan fingerprint density at radius 1 is 1.00 bits per heavy atom. The number of aliphatic carboxylic acids is 1. The van der Waals surface area contributed by atoms with Gasteiger partial charge in [-0.2, -0.15) is 0 Å². The predicted octanol–water partition coefficient (Wildman–Crippen LogP) is 3.48. The Balaban J connectivity index is 0.000000208. The van der Waals surface area contributed by atoms with Crippen LogP contribution in [0.4, 0.5) is 0 Å². The second-order valence-electron chi connectivity index (χ2n) is 7.21. The summed E-state index contributed by atoms with van der Waals surface area (Å²) in [5, 5.41) is 17.4. The monoisotopic (exact) mass is 372 g/mol. The Kier molecular flexibility index (Phi) is 6.71. The topological polar surface area (TPSA) is 93.1 Å². The zero-order valence-electron chi connectivity index (χ0n) is 15.5. The first-order valence-corrected chi connectivity index (χ1v) is 8.57. The normalized spacial score (nSPS) is 20.2. The highest BCUT2D eigenvalue weighted by atomic mass is 16.8. The molecule has 6 nitrogen and oxygen atoms in total. The third kappa shape index (κ3) is 5.64. The molecule has 1 fully saturated rings. The Morgan fingerprint density at radius 3 is 1.96 bits per heavy atom. The second kappa shape index (κ2) is 8.79. The minimum absolute atomic E-state index is 0.195. The van der Waals surface area contributed by atoms with Gasteiger partial charge in [0.2, 0.25) is 6.29 Å². The van der Waals surface area contributed by atoms with E-state index in [0.717, 1.165) is 5.56 Å². The molecule has 0 radical (unpaired) electrons. The van der Waals surface area contributed by atoms with Crippen LogP contribution < -0.4 is 0 Å². The van der Waals surface area contributed by atoms with Crippen LogP contribution in [0, 0.1) is 5.41 Å². The summed E-state index contributed by atoms with van der Waals surface area (Å²) in [6, 6.07) is 17.7. The maximum atomic E-state index is 11.7. The average Bonchev–Trinajstić information content (AvgIpc) is 3.05. The number of cyclic esters (lactones) is 1. The summed E-state index contributed by atoms with van der Waals surface area (Å²) < 4.78 is 10.9. The molecule has 0 saturated carbocycles. The van der Waals surface area contributed by atoms with E-state index in [-0.39, 0.29) is 11.4 Å². The van der Waals surface area contributed by atoms with Crippen molar-refractivity contribution >= 4 is 11.9 Å². The van der Waals surface area contributed by atoms with Crippen LogP contribution >= 0.6 is 0 Å². The minimum atomic E-state index is -1.41. The molecule has 27 heavy (non-hydrogen) atoms. The van der Waals surface area contributed by atoms with Gasteiger partial charge in [0.25, 0.3) is 0 Å². The number of aliphatic hydroxyl groups excluding tert-OH is 1. The van der Waals surface area contributed by atoms with Crippen LogP contribution in [0.1, 0.15) is 44.1 Å². The van der Waals surface area contributed by atoms with Crippen molar-refractivity contribution in [3.05, 3.63) is 71.8 Å². The molecule has 0 aliphatic carbocycles. The van der Waals surface area contributed by atoms with Crippen molar-refractivity contribution in [2.75, 3.05) is 0 Å². The molecular formula is C21H24O6.